The van der Waals surface area contributed by atoms with E-state index in [-0.39, 0.29) is 0 Å². The summed E-state index contributed by atoms with van der Waals surface area (Å²) in [5.74, 6) is 6.47. The molecule has 1 heterocycles. The molecule has 0 saturated carbocycles. The Morgan fingerprint density at radius 3 is 0.578 bits per heavy atom. The molecular weight excluding hydrogens is 1340 g/mol. The number of hydrogen-bond acceptors (Lipinski definition) is 8. The number of rotatable bonds is 68. The van der Waals surface area contributed by atoms with Gasteiger partial charge in [0.15, 0.2) is 46.0 Å². The summed E-state index contributed by atoms with van der Waals surface area (Å²) >= 11 is 0. The zero-order chi connectivity index (χ0) is 76.8. The molecule has 1 N–H and O–H groups in total. The zero-order valence-corrected chi connectivity index (χ0v) is 70.6. The number of H-pyrrole nitrogens is 1. The fraction of sp³-hybridized carbons (Fsp3) is 0.640. The summed E-state index contributed by atoms with van der Waals surface area (Å²) < 4.78 is 54.7. The van der Waals surface area contributed by atoms with Crippen molar-refractivity contribution in [3.63, 3.8) is 0 Å². The molecule has 0 bridgehead atoms. The molecular formula is C100H153NO8. The first-order chi connectivity index (χ1) is 53.9. The molecule has 0 radical (unpaired) electrons. The number of hydrogen-bond donors (Lipinski definition) is 1. The second kappa shape index (κ2) is 56.7. The van der Waals surface area contributed by atoms with E-state index in [0.29, 0.717) is 52.9 Å². The first-order valence-corrected chi connectivity index (χ1v) is 45.6. The molecule has 0 unspecified atom stereocenters. The minimum atomic E-state index is 0.636. The van der Waals surface area contributed by atoms with E-state index in [2.05, 4.69) is 157 Å². The Kier molecular flexibility index (Phi) is 46.7. The largest absolute Gasteiger partial charge is 0.490 e. The van der Waals surface area contributed by atoms with Crippen LogP contribution in [-0.2, 0) is 0 Å². The summed E-state index contributed by atoms with van der Waals surface area (Å²) in [6, 6.07) is 36.4. The molecule has 0 amide bonds. The van der Waals surface area contributed by atoms with Crippen molar-refractivity contribution in [1.82, 2.24) is 4.98 Å². The maximum Gasteiger partial charge on any atom is 0.161 e. The minimum Gasteiger partial charge on any atom is -0.490 e. The molecule has 7 rings (SSSR count). The fourth-order valence-electron chi connectivity index (χ4n) is 15.1. The zero-order valence-electron chi connectivity index (χ0n) is 70.6. The highest BCUT2D eigenvalue weighted by Gasteiger charge is 2.23. The Morgan fingerprint density at radius 1 is 0.174 bits per heavy atom. The summed E-state index contributed by atoms with van der Waals surface area (Å²) in [5.41, 5.74) is 10.7. The number of benzene rings is 6. The molecule has 606 valence electrons. The summed E-state index contributed by atoms with van der Waals surface area (Å²) in [4.78, 5) is 4.22. The maximum atomic E-state index is 6.95. The molecule has 0 fully saturated rings. The van der Waals surface area contributed by atoms with Gasteiger partial charge in [0.2, 0.25) is 0 Å². The van der Waals surface area contributed by atoms with Crippen LogP contribution in [0.15, 0.2) is 97.1 Å². The lowest BCUT2D eigenvalue weighted by Gasteiger charge is -2.17. The van der Waals surface area contributed by atoms with E-state index in [1.165, 1.54) is 218 Å². The van der Waals surface area contributed by atoms with Gasteiger partial charge in [-0.3, -0.25) is 0 Å². The van der Waals surface area contributed by atoms with Crippen LogP contribution in [0.25, 0.3) is 66.3 Å². The van der Waals surface area contributed by atoms with E-state index in [4.69, 9.17) is 37.9 Å². The van der Waals surface area contributed by atoms with Gasteiger partial charge < -0.3 is 42.9 Å². The monoisotopic (exact) mass is 1500 g/mol. The summed E-state index contributed by atoms with van der Waals surface area (Å²) in [5, 5.41) is 2.25. The third-order valence-corrected chi connectivity index (χ3v) is 21.9. The Morgan fingerprint density at radius 2 is 0.358 bits per heavy atom. The summed E-state index contributed by atoms with van der Waals surface area (Å²) in [7, 11) is 0. The number of aromatic amines is 1. The van der Waals surface area contributed by atoms with Crippen LogP contribution >= 0.6 is 0 Å². The molecule has 9 nitrogen and oxygen atoms in total. The number of unbranched alkanes of at least 4 members (excludes halogenated alkanes) is 40. The van der Waals surface area contributed by atoms with Crippen LogP contribution in [0, 0.1) is 0 Å². The van der Waals surface area contributed by atoms with Crippen LogP contribution in [0.5, 0.6) is 46.0 Å². The predicted octanol–water partition coefficient (Wildman–Crippen LogP) is 31.9. The highest BCUT2D eigenvalue weighted by molar-refractivity contribution is 6.18. The Hall–Kier alpha value is -6.48. The van der Waals surface area contributed by atoms with Crippen molar-refractivity contribution in [2.75, 3.05) is 52.9 Å². The van der Waals surface area contributed by atoms with E-state index < -0.39 is 0 Å². The average molecular weight is 1500 g/mol. The highest BCUT2D eigenvalue weighted by atomic mass is 16.5. The van der Waals surface area contributed by atoms with Crippen LogP contribution in [-0.4, -0.2) is 57.8 Å². The number of fused-ring (bicyclic) bond motifs is 3. The van der Waals surface area contributed by atoms with Crippen LogP contribution < -0.4 is 37.9 Å². The molecule has 7 aromatic rings. The third kappa shape index (κ3) is 33.4. The number of ether oxygens (including phenoxy) is 8. The van der Waals surface area contributed by atoms with Crippen molar-refractivity contribution < 1.29 is 37.9 Å². The quantitative estimate of drug-likeness (QED) is 0.0377. The topological polar surface area (TPSA) is 89.6 Å². The summed E-state index contributed by atoms with van der Waals surface area (Å²) in [6.07, 6.45) is 57.6. The standard InChI is InChI=1S/C100H153NO8/c1-9-17-25-33-41-49-65-102-91-61-57-81(77-95(91)106-69-53-45-37-29-21-13-5)85-73-87(83-59-63-93(104-67-51-43-35-27-19-11-3)97(79-83)108-71-55-47-39-31-23-15-7)99-89(75-85)90-76-86(82-58-62-92(103-66-50-42-34-26-18-10-2)96(78-82)107-70-54-46-38-30-22-14-6)74-88(100(90)101-99)84-60-64-94(105-68-52-44-36-28-20-12-4)98(80-84)109-72-56-48-40-32-24-16-8/h57-64,73-80,101H,9-56,65-72H2,1-8H3. The Labute approximate surface area is 664 Å². The fourth-order valence-corrected chi connectivity index (χ4v) is 15.1. The first kappa shape index (κ1) is 89.7. The second-order valence-corrected chi connectivity index (χ2v) is 31.6. The molecule has 109 heavy (non-hydrogen) atoms. The third-order valence-electron chi connectivity index (χ3n) is 21.9. The van der Waals surface area contributed by atoms with Crippen molar-refractivity contribution in [2.24, 2.45) is 0 Å². The Balaban J connectivity index is 1.46. The van der Waals surface area contributed by atoms with Gasteiger partial charge in [-0.1, -0.05) is 336 Å². The molecule has 6 aromatic carbocycles. The van der Waals surface area contributed by atoms with Gasteiger partial charge in [-0.05, 0) is 158 Å². The second-order valence-electron chi connectivity index (χ2n) is 31.6. The van der Waals surface area contributed by atoms with Gasteiger partial charge in [0.1, 0.15) is 0 Å². The normalized spacial score (nSPS) is 11.5. The highest BCUT2D eigenvalue weighted by Crippen LogP contribution is 2.47. The van der Waals surface area contributed by atoms with Gasteiger partial charge >= 0.3 is 0 Å². The van der Waals surface area contributed by atoms with Gasteiger partial charge in [-0.25, -0.2) is 0 Å². The Bertz CT molecular complexity index is 3270. The van der Waals surface area contributed by atoms with E-state index in [9.17, 15) is 0 Å². The van der Waals surface area contributed by atoms with Gasteiger partial charge in [0, 0.05) is 21.9 Å². The lowest BCUT2D eigenvalue weighted by molar-refractivity contribution is 0.258. The van der Waals surface area contributed by atoms with Crippen LogP contribution in [0.4, 0.5) is 0 Å². The van der Waals surface area contributed by atoms with Crippen molar-refractivity contribution >= 4 is 21.8 Å². The van der Waals surface area contributed by atoms with E-state index in [1.54, 1.807) is 0 Å². The van der Waals surface area contributed by atoms with Gasteiger partial charge in [-0.15, -0.1) is 0 Å². The van der Waals surface area contributed by atoms with Gasteiger partial charge in [0.05, 0.1) is 63.9 Å². The van der Waals surface area contributed by atoms with Crippen LogP contribution in [0.3, 0.4) is 0 Å². The predicted molar refractivity (Wildman–Crippen MR) is 469 cm³/mol. The lowest BCUT2D eigenvalue weighted by Crippen LogP contribution is -2.03. The van der Waals surface area contributed by atoms with Crippen LogP contribution in [0.2, 0.25) is 0 Å². The molecule has 9 heteroatoms. The molecule has 0 atom stereocenters. The van der Waals surface area contributed by atoms with Crippen molar-refractivity contribution in [1.29, 1.82) is 0 Å². The van der Waals surface area contributed by atoms with E-state index in [1.807, 2.05) is 0 Å². The molecule has 0 saturated heterocycles. The summed E-state index contributed by atoms with van der Waals surface area (Å²) in [6.45, 7) is 23.5. The molecule has 0 aliphatic rings. The number of aromatic nitrogens is 1. The van der Waals surface area contributed by atoms with Gasteiger partial charge in [-0.2, -0.15) is 0 Å². The minimum absolute atomic E-state index is 0.636. The molecule has 0 aliphatic heterocycles. The lowest BCUT2D eigenvalue weighted by atomic mass is 9.92. The van der Waals surface area contributed by atoms with Crippen molar-refractivity contribution in [3.8, 4) is 90.5 Å². The van der Waals surface area contributed by atoms with Crippen LogP contribution in [0.1, 0.15) is 364 Å². The van der Waals surface area contributed by atoms with Crippen molar-refractivity contribution in [3.05, 3.63) is 97.1 Å². The number of nitrogens with one attached hydrogen (secondary N) is 1. The van der Waals surface area contributed by atoms with E-state index in [0.717, 1.165) is 202 Å². The SMILES string of the molecule is CCCCCCCCOc1ccc(-c2cc(-c3ccc(OCCCCCCCC)c(OCCCCCCCC)c3)c3[nH]c4c(-c5ccc(OCCCCCCCC)c(OCCCCCCCC)c5)cc(-c5ccc(OCCCCCCCC)c(OCCCCCCCC)c5)cc4c3c2)cc1OCCCCCCCC. The molecule has 0 aliphatic carbocycles. The molecule has 0 spiro atoms. The average Bonchev–Trinajstić information content (AvgIpc) is 1.59. The van der Waals surface area contributed by atoms with Gasteiger partial charge in [0.25, 0.3) is 0 Å². The first-order valence-electron chi connectivity index (χ1n) is 45.6. The van der Waals surface area contributed by atoms with E-state index >= 15 is 0 Å². The molecule has 1 aromatic heterocycles. The van der Waals surface area contributed by atoms with Crippen molar-refractivity contribution in [2.45, 2.75) is 364 Å². The smallest absolute Gasteiger partial charge is 0.161 e. The maximum absolute atomic E-state index is 6.95.